The van der Waals surface area contributed by atoms with Gasteiger partial charge in [0, 0.05) is 16.3 Å². The SMILES string of the molecule is c1ccc([Si](c2ccccc2)(c2ccccc2)c2ccc(-c3cc(-c4ccc(-c5c6ccccc6c(-c6cccc7ccccc67)c6ccccc56)cc4)cc4c3oc3ccccc34)cc2)cc1. The van der Waals surface area contributed by atoms with Gasteiger partial charge in [0.15, 0.2) is 8.07 Å². The predicted octanol–water partition coefficient (Wildman–Crippen LogP) is 15.1. The Morgan fingerprint density at radius 3 is 1.28 bits per heavy atom. The number of hydrogen-bond donors (Lipinski definition) is 0. The van der Waals surface area contributed by atoms with Crippen LogP contribution in [0.1, 0.15) is 0 Å². The molecule has 12 aromatic carbocycles. The first-order valence-electron chi connectivity index (χ1n) is 23.5. The van der Waals surface area contributed by atoms with Crippen molar-refractivity contribution in [1.29, 1.82) is 0 Å². The van der Waals surface area contributed by atoms with E-state index in [2.05, 4.69) is 267 Å². The lowest BCUT2D eigenvalue weighted by atomic mass is 9.84. The van der Waals surface area contributed by atoms with Gasteiger partial charge in [0.05, 0.1) is 0 Å². The van der Waals surface area contributed by atoms with E-state index in [-0.39, 0.29) is 0 Å². The maximum atomic E-state index is 6.77. The summed E-state index contributed by atoms with van der Waals surface area (Å²) in [5, 5.41) is 15.2. The smallest absolute Gasteiger partial charge is 0.179 e. The molecule has 0 aliphatic carbocycles. The zero-order valence-corrected chi connectivity index (χ0v) is 38.3. The first kappa shape index (κ1) is 39.8. The summed E-state index contributed by atoms with van der Waals surface area (Å²) in [6, 6.07) is 98.3. The minimum Gasteiger partial charge on any atom is -0.455 e. The Hall–Kier alpha value is -8.56. The molecule has 0 spiro atoms. The van der Waals surface area contributed by atoms with Crippen molar-refractivity contribution in [2.75, 3.05) is 0 Å². The van der Waals surface area contributed by atoms with E-state index in [0.717, 1.165) is 44.2 Å². The lowest BCUT2D eigenvalue weighted by molar-refractivity contribution is 0.670. The first-order chi connectivity index (χ1) is 33.7. The second-order valence-electron chi connectivity index (χ2n) is 17.9. The van der Waals surface area contributed by atoms with Gasteiger partial charge in [0.25, 0.3) is 0 Å². The number of hydrogen-bond acceptors (Lipinski definition) is 1. The normalized spacial score (nSPS) is 11.8. The van der Waals surface area contributed by atoms with E-state index in [1.807, 2.05) is 0 Å². The minimum absolute atomic E-state index is 0.891. The Morgan fingerprint density at radius 1 is 0.250 bits per heavy atom. The van der Waals surface area contributed by atoms with Gasteiger partial charge < -0.3 is 4.42 Å². The lowest BCUT2D eigenvalue weighted by Crippen LogP contribution is -2.74. The van der Waals surface area contributed by atoms with Crippen LogP contribution in [0.4, 0.5) is 0 Å². The zero-order chi connectivity index (χ0) is 45.0. The summed E-state index contributed by atoms with van der Waals surface area (Å²) in [6.45, 7) is 0. The average Bonchev–Trinajstić information content (AvgIpc) is 3.80. The predicted molar refractivity (Wildman–Crippen MR) is 292 cm³/mol. The highest BCUT2D eigenvalue weighted by atomic mass is 28.3. The Bertz CT molecular complexity index is 3830. The van der Waals surface area contributed by atoms with E-state index in [0.29, 0.717) is 0 Å². The molecule has 318 valence electrons. The molecule has 0 atom stereocenters. The average molecular weight is 881 g/mol. The van der Waals surface area contributed by atoms with E-state index in [4.69, 9.17) is 4.42 Å². The molecule has 0 saturated carbocycles. The van der Waals surface area contributed by atoms with Crippen LogP contribution in [-0.2, 0) is 0 Å². The fourth-order valence-electron chi connectivity index (χ4n) is 11.2. The molecule has 0 fully saturated rings. The molecule has 1 aromatic heterocycles. The molecule has 0 saturated heterocycles. The van der Waals surface area contributed by atoms with Gasteiger partial charge in [-0.2, -0.15) is 0 Å². The zero-order valence-electron chi connectivity index (χ0n) is 37.3. The molecule has 0 unspecified atom stereocenters. The first-order valence-corrected chi connectivity index (χ1v) is 25.5. The molecule has 68 heavy (non-hydrogen) atoms. The summed E-state index contributed by atoms with van der Waals surface area (Å²) in [7, 11) is -2.69. The van der Waals surface area contributed by atoms with Gasteiger partial charge in [0.2, 0.25) is 0 Å². The van der Waals surface area contributed by atoms with Crippen molar-refractivity contribution in [3.8, 4) is 44.5 Å². The molecular formula is C66H44OSi. The van der Waals surface area contributed by atoms with Crippen LogP contribution in [0.25, 0.3) is 98.8 Å². The molecule has 0 radical (unpaired) electrons. The molecular weight excluding hydrogens is 837 g/mol. The van der Waals surface area contributed by atoms with Crippen LogP contribution in [0.15, 0.2) is 271 Å². The van der Waals surface area contributed by atoms with Gasteiger partial charge >= 0.3 is 0 Å². The molecule has 13 aromatic rings. The van der Waals surface area contributed by atoms with Gasteiger partial charge in [0.1, 0.15) is 11.2 Å². The molecule has 2 heteroatoms. The van der Waals surface area contributed by atoms with E-state index in [1.54, 1.807) is 0 Å². The van der Waals surface area contributed by atoms with Crippen LogP contribution in [0.3, 0.4) is 0 Å². The molecule has 0 bridgehead atoms. The Labute approximate surface area is 396 Å². The van der Waals surface area contributed by atoms with Gasteiger partial charge in [-0.25, -0.2) is 0 Å². The van der Waals surface area contributed by atoms with Crippen molar-refractivity contribution in [2.45, 2.75) is 0 Å². The van der Waals surface area contributed by atoms with Crippen molar-refractivity contribution >= 4 is 83.1 Å². The second kappa shape index (κ2) is 16.4. The van der Waals surface area contributed by atoms with Gasteiger partial charge in [-0.05, 0) is 110 Å². The third-order valence-electron chi connectivity index (χ3n) is 14.2. The lowest BCUT2D eigenvalue weighted by Gasteiger charge is -2.34. The monoisotopic (exact) mass is 880 g/mol. The fourth-order valence-corrected chi connectivity index (χ4v) is 15.9. The summed E-state index contributed by atoms with van der Waals surface area (Å²) in [4.78, 5) is 0. The molecule has 0 aliphatic heterocycles. The number of benzene rings is 12. The molecule has 1 heterocycles. The summed E-state index contributed by atoms with van der Waals surface area (Å²) in [5.41, 5.74) is 11.3. The van der Waals surface area contributed by atoms with Crippen LogP contribution in [0.2, 0.25) is 0 Å². The van der Waals surface area contributed by atoms with Crippen molar-refractivity contribution in [3.63, 3.8) is 0 Å². The van der Waals surface area contributed by atoms with Crippen molar-refractivity contribution in [2.24, 2.45) is 0 Å². The second-order valence-corrected chi connectivity index (χ2v) is 21.7. The highest BCUT2D eigenvalue weighted by molar-refractivity contribution is 7.19. The fraction of sp³-hybridized carbons (Fsp3) is 0. The van der Waals surface area contributed by atoms with Crippen LogP contribution < -0.4 is 20.7 Å². The Morgan fingerprint density at radius 2 is 0.691 bits per heavy atom. The van der Waals surface area contributed by atoms with E-state index in [9.17, 15) is 0 Å². The summed E-state index contributed by atoms with van der Waals surface area (Å²) < 4.78 is 6.77. The van der Waals surface area contributed by atoms with E-state index < -0.39 is 8.07 Å². The van der Waals surface area contributed by atoms with Crippen LogP contribution in [0, 0.1) is 0 Å². The Kier molecular flexibility index (Phi) is 9.59. The Balaban J connectivity index is 0.960. The summed E-state index contributed by atoms with van der Waals surface area (Å²) >= 11 is 0. The largest absolute Gasteiger partial charge is 0.455 e. The van der Waals surface area contributed by atoms with Gasteiger partial charge in [-0.15, -0.1) is 0 Å². The van der Waals surface area contributed by atoms with Crippen molar-refractivity contribution in [3.05, 3.63) is 267 Å². The maximum Gasteiger partial charge on any atom is 0.179 e. The van der Waals surface area contributed by atoms with Crippen LogP contribution >= 0.6 is 0 Å². The van der Waals surface area contributed by atoms with Gasteiger partial charge in [-0.1, -0.05) is 249 Å². The van der Waals surface area contributed by atoms with Crippen molar-refractivity contribution < 1.29 is 4.42 Å². The summed E-state index contributed by atoms with van der Waals surface area (Å²) in [5.74, 6) is 0. The van der Waals surface area contributed by atoms with E-state index in [1.165, 1.54) is 75.3 Å². The third kappa shape index (κ3) is 6.37. The molecule has 1 nitrogen and oxygen atoms in total. The number of furan rings is 1. The highest BCUT2D eigenvalue weighted by Crippen LogP contribution is 2.46. The van der Waals surface area contributed by atoms with Crippen LogP contribution in [0.5, 0.6) is 0 Å². The van der Waals surface area contributed by atoms with Gasteiger partial charge in [-0.3, -0.25) is 0 Å². The number of fused-ring (bicyclic) bond motifs is 6. The quantitative estimate of drug-likeness (QED) is 0.0842. The van der Waals surface area contributed by atoms with Crippen LogP contribution in [-0.4, -0.2) is 8.07 Å². The topological polar surface area (TPSA) is 13.1 Å². The molecule has 0 amide bonds. The number of para-hydroxylation sites is 1. The number of rotatable bonds is 8. The standard InChI is InChI=1S/C66H44OSi/c1-4-21-50(22-5-1)68(51-23-6-2-7-24-51,52-25-8-3-9-26-52)53-41-39-47(40-42-53)61-43-49(44-62-55-28-16-17-34-63(55)67-66(61)62)45-35-37-48(38-36-45)64-57-29-12-14-31-59(57)65(60-32-15-13-30-58(60)64)56-33-18-20-46-19-10-11-27-54(46)56/h1-44H. The van der Waals surface area contributed by atoms with Crippen molar-refractivity contribution in [1.82, 2.24) is 0 Å². The summed E-state index contributed by atoms with van der Waals surface area (Å²) in [6.07, 6.45) is 0. The highest BCUT2D eigenvalue weighted by Gasteiger charge is 2.41. The minimum atomic E-state index is -2.69. The molecule has 0 aliphatic rings. The molecule has 0 N–H and O–H groups in total. The van der Waals surface area contributed by atoms with E-state index >= 15 is 0 Å². The maximum absolute atomic E-state index is 6.77. The molecule has 13 rings (SSSR count). The third-order valence-corrected chi connectivity index (χ3v) is 19.0.